The molecule has 0 radical (unpaired) electrons. The number of nitrogens with zero attached hydrogens (tertiary/aromatic N) is 1. The van der Waals surface area contributed by atoms with Crippen LogP contribution in [0.1, 0.15) is 48.9 Å². The largest absolute Gasteiger partial charge is 0.469 e. The number of amides is 1. The van der Waals surface area contributed by atoms with Crippen LogP contribution in [0.15, 0.2) is 35.9 Å². The number of hydrogen-bond donors (Lipinski definition) is 0. The highest BCUT2D eigenvalue weighted by molar-refractivity contribution is 6.30. The Kier molecular flexibility index (Phi) is 7.32. The van der Waals surface area contributed by atoms with Gasteiger partial charge in [0.15, 0.2) is 0 Å². The van der Waals surface area contributed by atoms with Gasteiger partial charge in [0.05, 0.1) is 13.5 Å². The van der Waals surface area contributed by atoms with Gasteiger partial charge in [-0.05, 0) is 56.4 Å². The lowest BCUT2D eigenvalue weighted by Crippen LogP contribution is -2.34. The van der Waals surface area contributed by atoms with E-state index in [0.29, 0.717) is 23.7 Å². The van der Waals surface area contributed by atoms with E-state index in [2.05, 4.69) is 6.08 Å². The summed E-state index contributed by atoms with van der Waals surface area (Å²) in [7, 11) is 1.36. The van der Waals surface area contributed by atoms with E-state index in [9.17, 15) is 9.59 Å². The van der Waals surface area contributed by atoms with Gasteiger partial charge in [-0.15, -0.1) is 0 Å². The van der Waals surface area contributed by atoms with E-state index < -0.39 is 0 Å². The third kappa shape index (κ3) is 5.68. The minimum atomic E-state index is -0.305. The molecule has 0 atom stereocenters. The van der Waals surface area contributed by atoms with E-state index in [1.54, 1.807) is 29.2 Å². The maximum atomic E-state index is 12.7. The molecule has 0 saturated heterocycles. The van der Waals surface area contributed by atoms with Gasteiger partial charge in [0.1, 0.15) is 0 Å². The molecule has 0 bridgehead atoms. The number of carbonyl (C=O) groups excluding carboxylic acids is 2. The number of methoxy groups -OCH3 is 1. The van der Waals surface area contributed by atoms with Crippen LogP contribution < -0.4 is 0 Å². The molecule has 0 heterocycles. The zero-order valence-electron chi connectivity index (χ0n) is 14.1. The predicted molar refractivity (Wildman–Crippen MR) is 95.2 cm³/mol. The average Bonchev–Trinajstić information content (AvgIpc) is 2.62. The van der Waals surface area contributed by atoms with Crippen molar-refractivity contribution >= 4 is 23.5 Å². The molecule has 1 aromatic carbocycles. The Morgan fingerprint density at radius 3 is 2.54 bits per heavy atom. The number of carbonyl (C=O) groups is 2. The van der Waals surface area contributed by atoms with Crippen molar-refractivity contribution in [3.8, 4) is 0 Å². The lowest BCUT2D eigenvalue weighted by atomic mass is 9.97. The fourth-order valence-electron chi connectivity index (χ4n) is 2.83. The first kappa shape index (κ1) is 18.5. The number of hydrogen-bond acceptors (Lipinski definition) is 3. The Morgan fingerprint density at radius 1 is 1.17 bits per heavy atom. The number of allylic oxidation sites excluding steroid dienone is 1. The molecule has 1 aromatic rings. The van der Waals surface area contributed by atoms with E-state index >= 15 is 0 Å². The molecule has 0 aromatic heterocycles. The van der Waals surface area contributed by atoms with Crippen molar-refractivity contribution in [2.24, 2.45) is 0 Å². The Labute approximate surface area is 148 Å². The summed E-state index contributed by atoms with van der Waals surface area (Å²) in [6.45, 7) is 0.978. The summed E-state index contributed by atoms with van der Waals surface area (Å²) in [5.41, 5.74) is 2.00. The molecule has 24 heavy (non-hydrogen) atoms. The number of rotatable bonds is 7. The molecule has 1 aliphatic carbocycles. The Hall–Kier alpha value is -1.81. The normalized spacial score (nSPS) is 14.0. The van der Waals surface area contributed by atoms with Crippen molar-refractivity contribution in [2.45, 2.75) is 38.5 Å². The van der Waals surface area contributed by atoms with Crippen molar-refractivity contribution < 1.29 is 14.3 Å². The van der Waals surface area contributed by atoms with Crippen LogP contribution >= 0.6 is 11.6 Å². The smallest absolute Gasteiger partial charge is 0.307 e. The molecule has 5 heteroatoms. The molecular formula is C19H24ClNO3. The van der Waals surface area contributed by atoms with Gasteiger partial charge in [-0.2, -0.15) is 0 Å². The fourth-order valence-corrected chi connectivity index (χ4v) is 2.95. The van der Waals surface area contributed by atoms with E-state index in [1.807, 2.05) is 0 Å². The van der Waals surface area contributed by atoms with Crippen LogP contribution in [0.4, 0.5) is 0 Å². The number of esters is 1. The van der Waals surface area contributed by atoms with Crippen LogP contribution in [0.2, 0.25) is 5.02 Å². The number of halogens is 1. The molecule has 2 rings (SSSR count). The fraction of sp³-hybridized carbons (Fsp3) is 0.474. The maximum Gasteiger partial charge on any atom is 0.307 e. The predicted octanol–water partition coefficient (Wildman–Crippen LogP) is 4.24. The van der Waals surface area contributed by atoms with Crippen LogP contribution in [0.25, 0.3) is 0 Å². The summed E-state index contributed by atoms with van der Waals surface area (Å²) in [6.07, 6.45) is 8.06. The molecule has 130 valence electrons. The highest BCUT2D eigenvalue weighted by Gasteiger charge is 2.18. The standard InChI is InChI=1S/C19H24ClNO3/c1-24-18(22)12-14-21(13-11-15-5-3-2-4-6-15)19(23)16-7-9-17(20)10-8-16/h5,7-10H,2-4,6,11-14H2,1H3. The zero-order valence-corrected chi connectivity index (χ0v) is 14.8. The second-order valence-corrected chi connectivity index (χ2v) is 6.42. The molecule has 0 aliphatic heterocycles. The minimum Gasteiger partial charge on any atom is -0.469 e. The molecule has 0 spiro atoms. The maximum absolute atomic E-state index is 12.7. The average molecular weight is 350 g/mol. The van der Waals surface area contributed by atoms with Crippen molar-refractivity contribution in [1.82, 2.24) is 4.90 Å². The molecule has 1 amide bonds. The minimum absolute atomic E-state index is 0.0769. The summed E-state index contributed by atoms with van der Waals surface area (Å²) < 4.78 is 4.69. The lowest BCUT2D eigenvalue weighted by molar-refractivity contribution is -0.140. The van der Waals surface area contributed by atoms with Gasteiger partial charge < -0.3 is 9.64 Å². The first-order valence-corrected chi connectivity index (χ1v) is 8.77. The van der Waals surface area contributed by atoms with Gasteiger partial charge in [-0.3, -0.25) is 9.59 Å². The lowest BCUT2D eigenvalue weighted by Gasteiger charge is -2.24. The summed E-state index contributed by atoms with van der Waals surface area (Å²) in [5, 5.41) is 0.597. The molecule has 0 fully saturated rings. The first-order chi connectivity index (χ1) is 11.6. The van der Waals surface area contributed by atoms with Crippen LogP contribution in [-0.2, 0) is 9.53 Å². The van der Waals surface area contributed by atoms with Crippen molar-refractivity contribution in [1.29, 1.82) is 0 Å². The highest BCUT2D eigenvalue weighted by atomic mass is 35.5. The first-order valence-electron chi connectivity index (χ1n) is 8.39. The van der Waals surface area contributed by atoms with Crippen LogP contribution in [0.3, 0.4) is 0 Å². The third-order valence-corrected chi connectivity index (χ3v) is 4.53. The SMILES string of the molecule is COC(=O)CCN(CCC1=CCCCC1)C(=O)c1ccc(Cl)cc1. The Balaban J connectivity index is 2.02. The van der Waals surface area contributed by atoms with Crippen molar-refractivity contribution in [3.63, 3.8) is 0 Å². The highest BCUT2D eigenvalue weighted by Crippen LogP contribution is 2.21. The zero-order chi connectivity index (χ0) is 17.4. The van der Waals surface area contributed by atoms with Gasteiger partial charge in [0, 0.05) is 23.7 Å². The second-order valence-electron chi connectivity index (χ2n) is 5.98. The van der Waals surface area contributed by atoms with Gasteiger partial charge in [0.25, 0.3) is 5.91 Å². The Bertz CT molecular complexity index is 595. The Morgan fingerprint density at radius 2 is 1.92 bits per heavy atom. The van der Waals surface area contributed by atoms with Gasteiger partial charge in [-0.25, -0.2) is 0 Å². The van der Waals surface area contributed by atoms with E-state index in [4.69, 9.17) is 16.3 Å². The van der Waals surface area contributed by atoms with E-state index in [0.717, 1.165) is 19.3 Å². The monoisotopic (exact) mass is 349 g/mol. The van der Waals surface area contributed by atoms with Gasteiger partial charge >= 0.3 is 5.97 Å². The third-order valence-electron chi connectivity index (χ3n) is 4.28. The topological polar surface area (TPSA) is 46.6 Å². The van der Waals surface area contributed by atoms with Gasteiger partial charge in [0.2, 0.25) is 0 Å². The molecule has 0 saturated carbocycles. The molecule has 0 unspecified atom stereocenters. The van der Waals surface area contributed by atoms with Crippen LogP contribution in [0, 0.1) is 0 Å². The van der Waals surface area contributed by atoms with Crippen LogP contribution in [0.5, 0.6) is 0 Å². The summed E-state index contributed by atoms with van der Waals surface area (Å²) >= 11 is 5.89. The van der Waals surface area contributed by atoms with Crippen molar-refractivity contribution in [3.05, 3.63) is 46.5 Å². The van der Waals surface area contributed by atoms with Gasteiger partial charge in [-0.1, -0.05) is 23.3 Å². The molecular weight excluding hydrogens is 326 g/mol. The quantitative estimate of drug-likeness (QED) is 0.546. The molecule has 4 nitrogen and oxygen atoms in total. The van der Waals surface area contributed by atoms with Crippen LogP contribution in [-0.4, -0.2) is 37.0 Å². The number of benzene rings is 1. The number of ether oxygens (including phenoxy) is 1. The summed E-state index contributed by atoms with van der Waals surface area (Å²) in [6, 6.07) is 6.85. The summed E-state index contributed by atoms with van der Waals surface area (Å²) in [4.78, 5) is 25.9. The van der Waals surface area contributed by atoms with E-state index in [1.165, 1.54) is 25.5 Å². The summed E-state index contributed by atoms with van der Waals surface area (Å²) in [5.74, 6) is -0.382. The molecule has 1 aliphatic rings. The van der Waals surface area contributed by atoms with Crippen molar-refractivity contribution in [2.75, 3.05) is 20.2 Å². The molecule has 0 N–H and O–H groups in total. The van der Waals surface area contributed by atoms with E-state index in [-0.39, 0.29) is 18.3 Å². The second kappa shape index (κ2) is 9.48.